The molecule has 0 saturated heterocycles. The quantitative estimate of drug-likeness (QED) is 0.334. The first-order valence-electron chi connectivity index (χ1n) is 6.99. The van der Waals surface area contributed by atoms with E-state index in [4.69, 9.17) is 27.2 Å². The molecule has 0 heterocycles. The lowest BCUT2D eigenvalue weighted by atomic mass is 10.3. The SMILES string of the molecule is CO[SiH](CCOC(=O)CCC(=O)OCC[SiH](OC)OC)OC. The molecule has 0 aliphatic rings. The summed E-state index contributed by atoms with van der Waals surface area (Å²) < 4.78 is 30.4. The Kier molecular flexibility index (Phi) is 13.4. The Morgan fingerprint density at radius 1 is 0.682 bits per heavy atom. The van der Waals surface area contributed by atoms with Crippen LogP contribution >= 0.6 is 0 Å². The zero-order valence-corrected chi connectivity index (χ0v) is 16.0. The minimum Gasteiger partial charge on any atom is -0.466 e. The fourth-order valence-corrected chi connectivity index (χ4v) is 3.50. The average molecular weight is 355 g/mol. The zero-order chi connectivity index (χ0) is 16.8. The predicted octanol–water partition coefficient (Wildman–Crippen LogP) is -0.120. The monoisotopic (exact) mass is 354 g/mol. The smallest absolute Gasteiger partial charge is 0.324 e. The van der Waals surface area contributed by atoms with Gasteiger partial charge in [0.05, 0.1) is 26.1 Å². The van der Waals surface area contributed by atoms with Crippen LogP contribution in [0.3, 0.4) is 0 Å². The number of hydrogen-bond donors (Lipinski definition) is 0. The van der Waals surface area contributed by atoms with E-state index in [-0.39, 0.29) is 26.1 Å². The Balaban J connectivity index is 3.66. The van der Waals surface area contributed by atoms with Gasteiger partial charge in [-0.3, -0.25) is 9.59 Å². The lowest BCUT2D eigenvalue weighted by Gasteiger charge is -2.11. The first-order chi connectivity index (χ1) is 10.6. The number of carbonyl (C=O) groups is 2. The minimum absolute atomic E-state index is 0.000429. The Hall–Kier alpha value is -0.786. The summed E-state index contributed by atoms with van der Waals surface area (Å²) >= 11 is 0. The maximum absolute atomic E-state index is 11.5. The van der Waals surface area contributed by atoms with Gasteiger partial charge in [0.2, 0.25) is 0 Å². The lowest BCUT2D eigenvalue weighted by molar-refractivity contribution is -0.149. The molecule has 0 spiro atoms. The Labute approximate surface area is 134 Å². The van der Waals surface area contributed by atoms with Gasteiger partial charge in [-0.2, -0.15) is 0 Å². The predicted molar refractivity (Wildman–Crippen MR) is 83.1 cm³/mol. The van der Waals surface area contributed by atoms with Crippen molar-refractivity contribution in [2.75, 3.05) is 41.7 Å². The molecule has 0 fully saturated rings. The molecule has 130 valence electrons. The molecule has 0 aromatic carbocycles. The summed E-state index contributed by atoms with van der Waals surface area (Å²) in [7, 11) is 2.85. The maximum Gasteiger partial charge on any atom is 0.324 e. The summed E-state index contributed by atoms with van der Waals surface area (Å²) in [5, 5.41) is 0. The van der Waals surface area contributed by atoms with Gasteiger partial charge in [-0.25, -0.2) is 0 Å². The summed E-state index contributed by atoms with van der Waals surface area (Å²) in [5.41, 5.74) is 0. The van der Waals surface area contributed by atoms with Crippen molar-refractivity contribution in [1.29, 1.82) is 0 Å². The molecule has 0 aliphatic heterocycles. The van der Waals surface area contributed by atoms with Crippen LogP contribution in [-0.2, 0) is 36.8 Å². The van der Waals surface area contributed by atoms with E-state index in [1.54, 1.807) is 28.4 Å². The molecule has 0 atom stereocenters. The standard InChI is InChI=1S/C12H26O8Si2/c1-15-21(16-2)9-7-19-11(13)5-6-12(14)20-8-10-22(17-3)18-4/h21-22H,5-10H2,1-4H3. The van der Waals surface area contributed by atoms with Gasteiger partial charge < -0.3 is 27.2 Å². The van der Waals surface area contributed by atoms with E-state index in [1.807, 2.05) is 0 Å². The summed E-state index contributed by atoms with van der Waals surface area (Å²) in [6.07, 6.45) is 0.000858. The molecule has 0 saturated carbocycles. The van der Waals surface area contributed by atoms with E-state index in [0.717, 1.165) is 0 Å². The summed E-state index contributed by atoms with van der Waals surface area (Å²) in [4.78, 5) is 22.9. The topological polar surface area (TPSA) is 89.5 Å². The van der Waals surface area contributed by atoms with E-state index in [9.17, 15) is 9.59 Å². The summed E-state index contributed by atoms with van der Waals surface area (Å²) in [5.74, 6) is -0.865. The Morgan fingerprint density at radius 2 is 1.00 bits per heavy atom. The fourth-order valence-electron chi connectivity index (χ4n) is 1.55. The highest BCUT2D eigenvalue weighted by Gasteiger charge is 2.14. The van der Waals surface area contributed by atoms with Gasteiger partial charge in [-0.05, 0) is 0 Å². The first-order valence-corrected chi connectivity index (χ1v) is 10.5. The highest BCUT2D eigenvalue weighted by atomic mass is 28.3. The van der Waals surface area contributed by atoms with Gasteiger partial charge >= 0.3 is 30.5 Å². The summed E-state index contributed by atoms with van der Waals surface area (Å²) in [6.45, 7) is 0.475. The molecule has 0 aromatic rings. The van der Waals surface area contributed by atoms with Crippen LogP contribution in [0.5, 0.6) is 0 Å². The van der Waals surface area contributed by atoms with E-state index in [0.29, 0.717) is 12.1 Å². The molecule has 22 heavy (non-hydrogen) atoms. The van der Waals surface area contributed by atoms with E-state index >= 15 is 0 Å². The third kappa shape index (κ3) is 10.9. The van der Waals surface area contributed by atoms with Crippen molar-refractivity contribution in [2.24, 2.45) is 0 Å². The second-order valence-corrected chi connectivity index (χ2v) is 9.08. The normalized spacial score (nSPS) is 11.0. The Bertz CT molecular complexity index is 278. The second-order valence-electron chi connectivity index (χ2n) is 4.32. The number of ether oxygens (including phenoxy) is 2. The highest BCUT2D eigenvalue weighted by Crippen LogP contribution is 2.01. The van der Waals surface area contributed by atoms with Crippen molar-refractivity contribution in [2.45, 2.75) is 24.9 Å². The molecule has 0 bridgehead atoms. The molecule has 0 amide bonds. The molecule has 0 N–H and O–H groups in total. The number of hydrogen-bond acceptors (Lipinski definition) is 8. The molecule has 0 radical (unpaired) electrons. The van der Waals surface area contributed by atoms with Gasteiger partial charge in [0, 0.05) is 40.5 Å². The van der Waals surface area contributed by atoms with Crippen molar-refractivity contribution >= 4 is 30.5 Å². The third-order valence-electron chi connectivity index (χ3n) is 2.82. The van der Waals surface area contributed by atoms with Crippen molar-refractivity contribution in [3.63, 3.8) is 0 Å². The minimum atomic E-state index is -1.71. The number of esters is 2. The fraction of sp³-hybridized carbons (Fsp3) is 0.833. The molecule has 0 aromatic heterocycles. The van der Waals surface area contributed by atoms with E-state index in [1.165, 1.54) is 0 Å². The van der Waals surface area contributed by atoms with Crippen LogP contribution < -0.4 is 0 Å². The number of carbonyl (C=O) groups excluding carboxylic acids is 2. The molecule has 0 rings (SSSR count). The van der Waals surface area contributed by atoms with Crippen LogP contribution in [0.15, 0.2) is 0 Å². The molecule has 0 aliphatic carbocycles. The molecular formula is C12H26O8Si2. The second kappa shape index (κ2) is 13.8. The largest absolute Gasteiger partial charge is 0.466 e. The maximum atomic E-state index is 11.5. The van der Waals surface area contributed by atoms with Gasteiger partial charge in [0.25, 0.3) is 0 Å². The number of rotatable bonds is 13. The third-order valence-corrected chi connectivity index (χ3v) is 6.34. The molecule has 0 unspecified atom stereocenters. The van der Waals surface area contributed by atoms with Crippen LogP contribution in [-0.4, -0.2) is 72.2 Å². The van der Waals surface area contributed by atoms with Gasteiger partial charge in [0.15, 0.2) is 0 Å². The highest BCUT2D eigenvalue weighted by molar-refractivity contribution is 6.44. The molecule has 10 heteroatoms. The van der Waals surface area contributed by atoms with Crippen LogP contribution in [0.2, 0.25) is 12.1 Å². The van der Waals surface area contributed by atoms with Gasteiger partial charge in [-0.1, -0.05) is 0 Å². The van der Waals surface area contributed by atoms with Crippen LogP contribution in [0.1, 0.15) is 12.8 Å². The van der Waals surface area contributed by atoms with Crippen molar-refractivity contribution in [3.05, 3.63) is 0 Å². The van der Waals surface area contributed by atoms with Crippen molar-refractivity contribution < 1.29 is 36.8 Å². The molecule has 8 nitrogen and oxygen atoms in total. The summed E-state index contributed by atoms with van der Waals surface area (Å²) in [6, 6.07) is 1.15. The van der Waals surface area contributed by atoms with E-state index < -0.39 is 30.5 Å². The van der Waals surface area contributed by atoms with Crippen LogP contribution in [0.25, 0.3) is 0 Å². The van der Waals surface area contributed by atoms with E-state index in [2.05, 4.69) is 0 Å². The van der Waals surface area contributed by atoms with Crippen LogP contribution in [0.4, 0.5) is 0 Å². The van der Waals surface area contributed by atoms with Gasteiger partial charge in [0.1, 0.15) is 0 Å². The average Bonchev–Trinajstić information content (AvgIpc) is 2.53. The van der Waals surface area contributed by atoms with Crippen molar-refractivity contribution in [3.8, 4) is 0 Å². The van der Waals surface area contributed by atoms with Crippen LogP contribution in [0, 0.1) is 0 Å². The zero-order valence-electron chi connectivity index (χ0n) is 13.7. The Morgan fingerprint density at radius 3 is 1.27 bits per heavy atom. The molecular weight excluding hydrogens is 328 g/mol. The van der Waals surface area contributed by atoms with Crippen molar-refractivity contribution in [1.82, 2.24) is 0 Å². The lowest BCUT2D eigenvalue weighted by Crippen LogP contribution is -2.22. The van der Waals surface area contributed by atoms with Gasteiger partial charge in [-0.15, -0.1) is 0 Å². The first kappa shape index (κ1) is 21.2.